The lowest BCUT2D eigenvalue weighted by atomic mass is 10.1. The summed E-state index contributed by atoms with van der Waals surface area (Å²) in [5, 5.41) is 3.23. The van der Waals surface area contributed by atoms with Crippen LogP contribution < -0.4 is 14.8 Å². The maximum atomic E-state index is 12.4. The summed E-state index contributed by atoms with van der Waals surface area (Å²) in [6, 6.07) is 6.36. The number of ether oxygens (including phenoxy) is 2. The van der Waals surface area contributed by atoms with Crippen LogP contribution in [0.1, 0.15) is 51.0 Å². The van der Waals surface area contributed by atoms with Crippen LogP contribution in [0.15, 0.2) is 18.2 Å². The van der Waals surface area contributed by atoms with Crippen LogP contribution in [-0.4, -0.2) is 36.7 Å². The molecule has 0 aromatic heterocycles. The van der Waals surface area contributed by atoms with Crippen molar-refractivity contribution in [1.82, 2.24) is 10.2 Å². The van der Waals surface area contributed by atoms with Gasteiger partial charge in [-0.1, -0.05) is 38.7 Å². The standard InChI is InChI=1S/C19H28N2O3/c1-2-21(12-15-9-10-17-18(11-15)24-14-23-17)13-19(22)20-16-7-5-3-4-6-8-16/h9-11,16H,2-8,12-14H2,1H3,(H,20,22). The summed E-state index contributed by atoms with van der Waals surface area (Å²) in [7, 11) is 0. The predicted molar refractivity (Wildman–Crippen MR) is 93.1 cm³/mol. The average Bonchev–Trinajstić information content (AvgIpc) is 2.90. The Morgan fingerprint density at radius 3 is 2.67 bits per heavy atom. The van der Waals surface area contributed by atoms with Crippen LogP contribution in [-0.2, 0) is 11.3 Å². The number of amides is 1. The SMILES string of the molecule is CCN(CC(=O)NC1CCCCCC1)Cc1ccc2c(c1)OCO2. The lowest BCUT2D eigenvalue weighted by Gasteiger charge is -2.22. The van der Waals surface area contributed by atoms with Gasteiger partial charge in [-0.2, -0.15) is 0 Å². The second-order valence-electron chi connectivity index (χ2n) is 6.75. The molecule has 0 saturated heterocycles. The molecule has 0 unspecified atom stereocenters. The Morgan fingerprint density at radius 2 is 1.92 bits per heavy atom. The quantitative estimate of drug-likeness (QED) is 0.814. The molecule has 1 heterocycles. The van der Waals surface area contributed by atoms with E-state index in [1.165, 1.54) is 25.7 Å². The summed E-state index contributed by atoms with van der Waals surface area (Å²) in [4.78, 5) is 14.5. The highest BCUT2D eigenvalue weighted by atomic mass is 16.7. The number of benzene rings is 1. The zero-order chi connectivity index (χ0) is 16.8. The van der Waals surface area contributed by atoms with E-state index in [1.54, 1.807) is 0 Å². The van der Waals surface area contributed by atoms with Gasteiger partial charge in [0.1, 0.15) is 0 Å². The molecule has 0 spiro atoms. The molecule has 24 heavy (non-hydrogen) atoms. The molecule has 0 bridgehead atoms. The van der Waals surface area contributed by atoms with Crippen molar-refractivity contribution in [1.29, 1.82) is 0 Å². The van der Waals surface area contributed by atoms with E-state index in [0.717, 1.165) is 43.0 Å². The van der Waals surface area contributed by atoms with Crippen LogP contribution in [0.5, 0.6) is 11.5 Å². The van der Waals surface area contributed by atoms with Gasteiger partial charge in [0, 0.05) is 12.6 Å². The fourth-order valence-corrected chi connectivity index (χ4v) is 3.48. The molecule has 3 rings (SSSR count). The second-order valence-corrected chi connectivity index (χ2v) is 6.75. The maximum Gasteiger partial charge on any atom is 0.234 e. The Morgan fingerprint density at radius 1 is 1.17 bits per heavy atom. The highest BCUT2D eigenvalue weighted by molar-refractivity contribution is 5.78. The zero-order valence-corrected chi connectivity index (χ0v) is 14.6. The average molecular weight is 332 g/mol. The van der Waals surface area contributed by atoms with E-state index in [4.69, 9.17) is 9.47 Å². The van der Waals surface area contributed by atoms with Crippen LogP contribution in [0.4, 0.5) is 0 Å². The number of nitrogens with zero attached hydrogens (tertiary/aromatic N) is 1. The number of nitrogens with one attached hydrogen (secondary N) is 1. The van der Waals surface area contributed by atoms with E-state index in [0.29, 0.717) is 19.4 Å². The number of carbonyl (C=O) groups excluding carboxylic acids is 1. The molecule has 1 aromatic rings. The van der Waals surface area contributed by atoms with Crippen molar-refractivity contribution in [2.45, 2.75) is 58.0 Å². The predicted octanol–water partition coefficient (Wildman–Crippen LogP) is 3.08. The summed E-state index contributed by atoms with van der Waals surface area (Å²) in [5.41, 5.74) is 1.14. The molecule has 1 amide bonds. The first kappa shape index (κ1) is 17.1. The minimum absolute atomic E-state index is 0.143. The van der Waals surface area contributed by atoms with Crippen molar-refractivity contribution in [3.63, 3.8) is 0 Å². The Hall–Kier alpha value is -1.75. The third-order valence-electron chi connectivity index (χ3n) is 4.88. The lowest BCUT2D eigenvalue weighted by molar-refractivity contribution is -0.123. The van der Waals surface area contributed by atoms with Gasteiger partial charge in [0.2, 0.25) is 12.7 Å². The number of fused-ring (bicyclic) bond motifs is 1. The summed E-state index contributed by atoms with van der Waals surface area (Å²) >= 11 is 0. The van der Waals surface area contributed by atoms with Crippen molar-refractivity contribution in [2.24, 2.45) is 0 Å². The fourth-order valence-electron chi connectivity index (χ4n) is 3.48. The molecule has 0 atom stereocenters. The molecule has 1 aliphatic carbocycles. The largest absolute Gasteiger partial charge is 0.454 e. The molecule has 2 aliphatic rings. The molecule has 0 radical (unpaired) electrons. The molecule has 5 nitrogen and oxygen atoms in total. The van der Waals surface area contributed by atoms with Gasteiger partial charge in [-0.25, -0.2) is 0 Å². The van der Waals surface area contributed by atoms with E-state index in [9.17, 15) is 4.79 Å². The fraction of sp³-hybridized carbons (Fsp3) is 0.632. The van der Waals surface area contributed by atoms with Crippen molar-refractivity contribution in [3.8, 4) is 11.5 Å². The smallest absolute Gasteiger partial charge is 0.234 e. The summed E-state index contributed by atoms with van der Waals surface area (Å²) in [5.74, 6) is 1.74. The molecule has 1 fully saturated rings. The Bertz CT molecular complexity index is 554. The van der Waals surface area contributed by atoms with Gasteiger partial charge in [0.15, 0.2) is 11.5 Å². The van der Waals surface area contributed by atoms with Gasteiger partial charge in [0.05, 0.1) is 6.54 Å². The van der Waals surface area contributed by atoms with Gasteiger partial charge < -0.3 is 14.8 Å². The van der Waals surface area contributed by atoms with Crippen molar-refractivity contribution in [2.75, 3.05) is 19.9 Å². The molecule has 132 valence electrons. The molecular formula is C19H28N2O3. The second kappa shape index (κ2) is 8.38. The summed E-state index contributed by atoms with van der Waals surface area (Å²) in [6.07, 6.45) is 7.33. The van der Waals surface area contributed by atoms with E-state index in [2.05, 4.69) is 17.1 Å². The molecular weight excluding hydrogens is 304 g/mol. The number of hydrogen-bond acceptors (Lipinski definition) is 4. The van der Waals surface area contributed by atoms with Crippen LogP contribution >= 0.6 is 0 Å². The van der Waals surface area contributed by atoms with Gasteiger partial charge in [-0.15, -0.1) is 0 Å². The molecule has 1 aliphatic heterocycles. The number of hydrogen-bond donors (Lipinski definition) is 1. The van der Waals surface area contributed by atoms with E-state index in [1.807, 2.05) is 18.2 Å². The first-order chi connectivity index (χ1) is 11.7. The van der Waals surface area contributed by atoms with E-state index >= 15 is 0 Å². The topological polar surface area (TPSA) is 50.8 Å². The van der Waals surface area contributed by atoms with E-state index in [-0.39, 0.29) is 5.91 Å². The van der Waals surface area contributed by atoms with Gasteiger partial charge in [0.25, 0.3) is 0 Å². The third kappa shape index (κ3) is 4.63. The number of carbonyl (C=O) groups is 1. The van der Waals surface area contributed by atoms with Gasteiger partial charge >= 0.3 is 0 Å². The van der Waals surface area contributed by atoms with E-state index < -0.39 is 0 Å². The normalized spacial score (nSPS) is 17.8. The van der Waals surface area contributed by atoms with Crippen LogP contribution in [0.25, 0.3) is 0 Å². The van der Waals surface area contributed by atoms with Gasteiger partial charge in [-0.3, -0.25) is 9.69 Å². The first-order valence-electron chi connectivity index (χ1n) is 9.15. The first-order valence-corrected chi connectivity index (χ1v) is 9.15. The molecule has 5 heteroatoms. The Kier molecular flexibility index (Phi) is 5.96. The van der Waals surface area contributed by atoms with Crippen LogP contribution in [0.2, 0.25) is 0 Å². The Labute approximate surface area is 144 Å². The summed E-state index contributed by atoms with van der Waals surface area (Å²) in [6.45, 7) is 4.41. The minimum atomic E-state index is 0.143. The number of rotatable bonds is 6. The maximum absolute atomic E-state index is 12.4. The third-order valence-corrected chi connectivity index (χ3v) is 4.88. The monoisotopic (exact) mass is 332 g/mol. The molecule has 1 saturated carbocycles. The number of likely N-dealkylation sites (N-methyl/N-ethyl adjacent to an activating group) is 1. The van der Waals surface area contributed by atoms with Crippen LogP contribution in [0, 0.1) is 0 Å². The highest BCUT2D eigenvalue weighted by Gasteiger charge is 2.18. The minimum Gasteiger partial charge on any atom is -0.454 e. The van der Waals surface area contributed by atoms with Crippen molar-refractivity contribution >= 4 is 5.91 Å². The molecule has 1 aromatic carbocycles. The van der Waals surface area contributed by atoms with Gasteiger partial charge in [-0.05, 0) is 37.1 Å². The molecule has 1 N–H and O–H groups in total. The lowest BCUT2D eigenvalue weighted by Crippen LogP contribution is -2.41. The summed E-state index contributed by atoms with van der Waals surface area (Å²) < 4.78 is 10.8. The van der Waals surface area contributed by atoms with Crippen molar-refractivity contribution in [3.05, 3.63) is 23.8 Å². The van der Waals surface area contributed by atoms with Crippen LogP contribution in [0.3, 0.4) is 0 Å². The van der Waals surface area contributed by atoms with Crippen molar-refractivity contribution < 1.29 is 14.3 Å². The highest BCUT2D eigenvalue weighted by Crippen LogP contribution is 2.32. The zero-order valence-electron chi connectivity index (χ0n) is 14.6. The Balaban J connectivity index is 1.51.